The number of anilines is 2. The number of rotatable bonds is 5. The number of hydrogen-bond donors (Lipinski definition) is 3. The Hall–Kier alpha value is -1.55. The number of carbonyl (C=O) groups is 1. The third kappa shape index (κ3) is 3.73. The maximum absolute atomic E-state index is 11.7. The molecule has 1 fully saturated rings. The first kappa shape index (κ1) is 14.9. The molecule has 0 bridgehead atoms. The summed E-state index contributed by atoms with van der Waals surface area (Å²) in [6.07, 6.45) is 3.62. The van der Waals surface area contributed by atoms with Gasteiger partial charge >= 0.3 is 0 Å². The lowest BCUT2D eigenvalue weighted by Gasteiger charge is -2.21. The van der Waals surface area contributed by atoms with Gasteiger partial charge in [0.1, 0.15) is 0 Å². The van der Waals surface area contributed by atoms with E-state index in [-0.39, 0.29) is 11.8 Å². The minimum absolute atomic E-state index is 0.0110. The van der Waals surface area contributed by atoms with Crippen molar-refractivity contribution >= 4 is 17.3 Å². The van der Waals surface area contributed by atoms with Crippen LogP contribution in [0.5, 0.6) is 0 Å². The van der Waals surface area contributed by atoms with Crippen LogP contribution in [-0.2, 0) is 4.79 Å². The molecule has 110 valence electrons. The molecule has 1 saturated carbocycles. The highest BCUT2D eigenvalue weighted by molar-refractivity contribution is 5.92. The lowest BCUT2D eigenvalue weighted by Crippen LogP contribution is -2.29. The van der Waals surface area contributed by atoms with Gasteiger partial charge in [0.25, 0.3) is 0 Å². The summed E-state index contributed by atoms with van der Waals surface area (Å²) < 4.78 is 0. The van der Waals surface area contributed by atoms with E-state index in [0.29, 0.717) is 12.0 Å². The topological polar surface area (TPSA) is 67.2 Å². The van der Waals surface area contributed by atoms with Crippen molar-refractivity contribution in [1.29, 1.82) is 0 Å². The molecule has 2 atom stereocenters. The first-order valence-corrected chi connectivity index (χ1v) is 7.47. The fraction of sp³-hybridized carbons (Fsp3) is 0.562. The van der Waals surface area contributed by atoms with Crippen LogP contribution in [0, 0.1) is 11.8 Å². The van der Waals surface area contributed by atoms with Gasteiger partial charge in [-0.15, -0.1) is 0 Å². The van der Waals surface area contributed by atoms with Gasteiger partial charge in [0, 0.05) is 23.3 Å². The fourth-order valence-electron chi connectivity index (χ4n) is 2.70. The van der Waals surface area contributed by atoms with Gasteiger partial charge in [-0.2, -0.15) is 0 Å². The Morgan fingerprint density at radius 3 is 2.80 bits per heavy atom. The second kappa shape index (κ2) is 6.75. The number of benzene rings is 1. The molecule has 0 aromatic heterocycles. The number of nitrogens with one attached hydrogen (secondary N) is 2. The zero-order chi connectivity index (χ0) is 14.5. The number of nitrogens with two attached hydrogens (primary N) is 1. The van der Waals surface area contributed by atoms with E-state index in [1.54, 1.807) is 0 Å². The summed E-state index contributed by atoms with van der Waals surface area (Å²) in [4.78, 5) is 11.7. The number of carbonyl (C=O) groups excluding carboxylic acids is 1. The maximum Gasteiger partial charge on any atom is 0.226 e. The Morgan fingerprint density at radius 1 is 1.35 bits per heavy atom. The van der Waals surface area contributed by atoms with Crippen LogP contribution in [0.25, 0.3) is 0 Å². The number of amides is 1. The van der Waals surface area contributed by atoms with Crippen LogP contribution in [0.2, 0.25) is 0 Å². The Morgan fingerprint density at radius 2 is 2.10 bits per heavy atom. The van der Waals surface area contributed by atoms with Gasteiger partial charge in [-0.05, 0) is 43.5 Å². The summed E-state index contributed by atoms with van der Waals surface area (Å²) in [5.74, 6) is 0.592. The van der Waals surface area contributed by atoms with Gasteiger partial charge in [-0.25, -0.2) is 0 Å². The van der Waals surface area contributed by atoms with Crippen molar-refractivity contribution in [2.24, 2.45) is 17.6 Å². The molecule has 0 saturated heterocycles. The average molecular weight is 275 g/mol. The van der Waals surface area contributed by atoms with Crippen molar-refractivity contribution in [3.05, 3.63) is 24.3 Å². The standard InChI is InChI=1S/C16H25N3O/c1-11(2)16(20)19-14-7-4-6-13(9-14)18-15-8-3-5-12(15)10-17/h4,6-7,9,11-12,15,18H,3,5,8,10,17H2,1-2H3,(H,19,20). The van der Waals surface area contributed by atoms with Crippen LogP contribution in [0.4, 0.5) is 11.4 Å². The quantitative estimate of drug-likeness (QED) is 0.774. The van der Waals surface area contributed by atoms with Gasteiger partial charge < -0.3 is 16.4 Å². The third-order valence-electron chi connectivity index (χ3n) is 3.97. The molecule has 4 N–H and O–H groups in total. The molecule has 0 radical (unpaired) electrons. The molecule has 2 rings (SSSR count). The molecule has 2 unspecified atom stereocenters. The van der Waals surface area contributed by atoms with Gasteiger partial charge in [0.05, 0.1) is 0 Å². The summed E-state index contributed by atoms with van der Waals surface area (Å²) in [5.41, 5.74) is 7.71. The highest BCUT2D eigenvalue weighted by Crippen LogP contribution is 2.28. The van der Waals surface area contributed by atoms with E-state index in [0.717, 1.165) is 17.9 Å². The molecule has 1 aliphatic rings. The Kier molecular flexibility index (Phi) is 5.01. The molecule has 4 heteroatoms. The molecule has 1 amide bonds. The predicted molar refractivity (Wildman–Crippen MR) is 83.7 cm³/mol. The summed E-state index contributed by atoms with van der Waals surface area (Å²) in [6.45, 7) is 4.52. The summed E-state index contributed by atoms with van der Waals surface area (Å²) in [6, 6.07) is 8.37. The van der Waals surface area contributed by atoms with E-state index >= 15 is 0 Å². The van der Waals surface area contributed by atoms with Crippen molar-refractivity contribution in [1.82, 2.24) is 0 Å². The highest BCUT2D eigenvalue weighted by Gasteiger charge is 2.25. The van der Waals surface area contributed by atoms with Crippen LogP contribution in [-0.4, -0.2) is 18.5 Å². The maximum atomic E-state index is 11.7. The molecule has 0 heterocycles. The first-order chi connectivity index (χ1) is 9.60. The van der Waals surface area contributed by atoms with Gasteiger partial charge in [0.15, 0.2) is 0 Å². The minimum Gasteiger partial charge on any atom is -0.382 e. The molecule has 1 aromatic rings. The second-order valence-corrected chi connectivity index (χ2v) is 5.90. The lowest BCUT2D eigenvalue weighted by molar-refractivity contribution is -0.118. The summed E-state index contributed by atoms with van der Waals surface area (Å²) in [5, 5.41) is 6.48. The molecule has 0 aliphatic heterocycles. The second-order valence-electron chi connectivity index (χ2n) is 5.90. The minimum atomic E-state index is -0.0110. The smallest absolute Gasteiger partial charge is 0.226 e. The normalized spacial score (nSPS) is 22.0. The summed E-state index contributed by atoms with van der Waals surface area (Å²) >= 11 is 0. The largest absolute Gasteiger partial charge is 0.382 e. The molecule has 0 spiro atoms. The third-order valence-corrected chi connectivity index (χ3v) is 3.97. The van der Waals surface area contributed by atoms with Crippen molar-refractivity contribution < 1.29 is 4.79 Å². The van der Waals surface area contributed by atoms with E-state index in [9.17, 15) is 4.79 Å². The molecule has 1 aromatic carbocycles. The fourth-order valence-corrected chi connectivity index (χ4v) is 2.70. The molecular weight excluding hydrogens is 250 g/mol. The molecule has 1 aliphatic carbocycles. The molecular formula is C16H25N3O. The highest BCUT2D eigenvalue weighted by atomic mass is 16.1. The Bertz CT molecular complexity index is 459. The van der Waals surface area contributed by atoms with Crippen LogP contribution in [0.15, 0.2) is 24.3 Å². The van der Waals surface area contributed by atoms with E-state index in [1.165, 1.54) is 19.3 Å². The van der Waals surface area contributed by atoms with Gasteiger partial charge in [-0.1, -0.05) is 26.3 Å². The van der Waals surface area contributed by atoms with Gasteiger partial charge in [0.2, 0.25) is 5.91 Å². The van der Waals surface area contributed by atoms with Crippen LogP contribution < -0.4 is 16.4 Å². The predicted octanol–water partition coefficient (Wildman–Crippen LogP) is 2.82. The average Bonchev–Trinajstić information content (AvgIpc) is 2.86. The lowest BCUT2D eigenvalue weighted by atomic mass is 10.0. The Labute approximate surface area is 121 Å². The van der Waals surface area contributed by atoms with E-state index < -0.39 is 0 Å². The van der Waals surface area contributed by atoms with E-state index in [1.807, 2.05) is 38.1 Å². The van der Waals surface area contributed by atoms with Crippen molar-refractivity contribution in [2.45, 2.75) is 39.2 Å². The zero-order valence-corrected chi connectivity index (χ0v) is 12.4. The van der Waals surface area contributed by atoms with Crippen LogP contribution >= 0.6 is 0 Å². The molecule has 20 heavy (non-hydrogen) atoms. The van der Waals surface area contributed by atoms with Crippen LogP contribution in [0.1, 0.15) is 33.1 Å². The van der Waals surface area contributed by atoms with Crippen molar-refractivity contribution in [3.8, 4) is 0 Å². The summed E-state index contributed by atoms with van der Waals surface area (Å²) in [7, 11) is 0. The van der Waals surface area contributed by atoms with Crippen LogP contribution in [0.3, 0.4) is 0 Å². The monoisotopic (exact) mass is 275 g/mol. The van der Waals surface area contributed by atoms with E-state index in [2.05, 4.69) is 10.6 Å². The first-order valence-electron chi connectivity index (χ1n) is 7.47. The molecule has 4 nitrogen and oxygen atoms in total. The Balaban J connectivity index is 2.00. The SMILES string of the molecule is CC(C)C(=O)Nc1cccc(NC2CCCC2CN)c1. The van der Waals surface area contributed by atoms with Gasteiger partial charge in [-0.3, -0.25) is 4.79 Å². The zero-order valence-electron chi connectivity index (χ0n) is 12.4. The number of hydrogen-bond acceptors (Lipinski definition) is 3. The van der Waals surface area contributed by atoms with E-state index in [4.69, 9.17) is 5.73 Å². The van der Waals surface area contributed by atoms with Crippen molar-refractivity contribution in [3.63, 3.8) is 0 Å². The van der Waals surface area contributed by atoms with Crippen molar-refractivity contribution in [2.75, 3.05) is 17.2 Å².